The number of halogens is 3. The number of hydrogen-bond acceptors (Lipinski definition) is 2. The Labute approximate surface area is 107 Å². The van der Waals surface area contributed by atoms with Crippen molar-refractivity contribution in [1.82, 2.24) is 4.90 Å². The van der Waals surface area contributed by atoms with Gasteiger partial charge < -0.3 is 10.6 Å². The van der Waals surface area contributed by atoms with Gasteiger partial charge in [-0.1, -0.05) is 12.2 Å². The molecule has 7 heteroatoms. The molecule has 0 aliphatic rings. The molecule has 0 fully saturated rings. The maximum Gasteiger partial charge on any atom is 0.256 e. The molecule has 1 aromatic carbocycles. The van der Waals surface area contributed by atoms with Crippen molar-refractivity contribution in [3.8, 4) is 0 Å². The number of nitrogens with two attached hydrogens (primary N) is 1. The van der Waals surface area contributed by atoms with Crippen LogP contribution >= 0.6 is 12.2 Å². The lowest BCUT2D eigenvalue weighted by molar-refractivity contribution is 0.0793. The van der Waals surface area contributed by atoms with Gasteiger partial charge >= 0.3 is 0 Å². The van der Waals surface area contributed by atoms with E-state index in [1.54, 1.807) is 0 Å². The number of rotatable bonds is 4. The second-order valence-corrected chi connectivity index (χ2v) is 4.19. The van der Waals surface area contributed by atoms with Crippen LogP contribution in [-0.4, -0.2) is 29.4 Å². The molecule has 0 aliphatic carbocycles. The van der Waals surface area contributed by atoms with Crippen molar-refractivity contribution in [2.75, 3.05) is 13.6 Å². The van der Waals surface area contributed by atoms with E-state index >= 15 is 0 Å². The van der Waals surface area contributed by atoms with Crippen LogP contribution in [0.3, 0.4) is 0 Å². The molecule has 0 heterocycles. The zero-order chi connectivity index (χ0) is 13.9. The molecular weight excluding hydrogens is 265 g/mol. The van der Waals surface area contributed by atoms with Gasteiger partial charge in [0, 0.05) is 20.0 Å². The van der Waals surface area contributed by atoms with Crippen molar-refractivity contribution in [2.24, 2.45) is 5.73 Å². The first-order valence-corrected chi connectivity index (χ1v) is 5.42. The molecule has 0 unspecified atom stereocenters. The van der Waals surface area contributed by atoms with Crippen LogP contribution in [0, 0.1) is 17.5 Å². The number of carbonyl (C=O) groups excluding carboxylic acids is 1. The summed E-state index contributed by atoms with van der Waals surface area (Å²) in [6.45, 7) is 0.173. The highest BCUT2D eigenvalue weighted by atomic mass is 32.1. The fraction of sp³-hybridized carbons (Fsp3) is 0.273. The van der Waals surface area contributed by atoms with E-state index < -0.39 is 28.9 Å². The molecule has 0 saturated heterocycles. The minimum Gasteiger partial charge on any atom is -0.393 e. The highest BCUT2D eigenvalue weighted by Gasteiger charge is 2.21. The lowest BCUT2D eigenvalue weighted by Crippen LogP contribution is -2.31. The minimum atomic E-state index is -1.66. The number of thiocarbonyl (C=S) groups is 1. The fourth-order valence-electron chi connectivity index (χ4n) is 1.28. The van der Waals surface area contributed by atoms with Crippen LogP contribution in [0.5, 0.6) is 0 Å². The highest BCUT2D eigenvalue weighted by Crippen LogP contribution is 2.16. The van der Waals surface area contributed by atoms with Crippen LogP contribution < -0.4 is 5.73 Å². The Morgan fingerprint density at radius 2 is 1.94 bits per heavy atom. The van der Waals surface area contributed by atoms with Crippen molar-refractivity contribution in [1.29, 1.82) is 0 Å². The lowest BCUT2D eigenvalue weighted by atomic mass is 10.1. The Kier molecular flexibility index (Phi) is 4.66. The molecular formula is C11H11F3N2OS. The molecule has 1 aromatic rings. The average Bonchev–Trinajstić information content (AvgIpc) is 2.32. The van der Waals surface area contributed by atoms with Crippen molar-refractivity contribution >= 4 is 23.1 Å². The molecule has 1 rings (SSSR count). The lowest BCUT2D eigenvalue weighted by Gasteiger charge is -2.17. The Morgan fingerprint density at radius 1 is 1.33 bits per heavy atom. The van der Waals surface area contributed by atoms with Crippen molar-refractivity contribution in [3.05, 3.63) is 35.1 Å². The van der Waals surface area contributed by atoms with Gasteiger partial charge in [-0.2, -0.15) is 0 Å². The summed E-state index contributed by atoms with van der Waals surface area (Å²) >= 11 is 4.64. The largest absolute Gasteiger partial charge is 0.393 e. The fourth-order valence-corrected chi connectivity index (χ4v) is 1.37. The Morgan fingerprint density at radius 3 is 2.50 bits per heavy atom. The third-order valence-corrected chi connectivity index (χ3v) is 2.51. The number of amides is 1. The predicted molar refractivity (Wildman–Crippen MR) is 64.7 cm³/mol. The van der Waals surface area contributed by atoms with Gasteiger partial charge in [-0.25, -0.2) is 13.2 Å². The monoisotopic (exact) mass is 276 g/mol. The van der Waals surface area contributed by atoms with Crippen molar-refractivity contribution in [2.45, 2.75) is 6.42 Å². The smallest absolute Gasteiger partial charge is 0.256 e. The SMILES string of the molecule is CN(CCC(N)=S)C(=O)c1ccc(F)c(F)c1F. The summed E-state index contributed by atoms with van der Waals surface area (Å²) in [5, 5.41) is 0. The van der Waals surface area contributed by atoms with Crippen LogP contribution in [0.1, 0.15) is 16.8 Å². The summed E-state index contributed by atoms with van der Waals surface area (Å²) in [5.74, 6) is -5.26. The second kappa shape index (κ2) is 5.81. The van der Waals surface area contributed by atoms with E-state index in [1.807, 2.05) is 0 Å². The van der Waals surface area contributed by atoms with Gasteiger partial charge in [-0.05, 0) is 12.1 Å². The topological polar surface area (TPSA) is 46.3 Å². The quantitative estimate of drug-likeness (QED) is 0.674. The average molecular weight is 276 g/mol. The van der Waals surface area contributed by atoms with Crippen LogP contribution in [0.2, 0.25) is 0 Å². The minimum absolute atomic E-state index is 0.173. The summed E-state index contributed by atoms with van der Waals surface area (Å²) in [6, 6.07) is 1.60. The molecule has 0 saturated carbocycles. The summed E-state index contributed by atoms with van der Waals surface area (Å²) in [6.07, 6.45) is 0.267. The van der Waals surface area contributed by atoms with Gasteiger partial charge in [0.2, 0.25) is 0 Å². The van der Waals surface area contributed by atoms with E-state index in [0.29, 0.717) is 6.07 Å². The van der Waals surface area contributed by atoms with E-state index in [4.69, 9.17) is 5.73 Å². The standard InChI is InChI=1S/C11H11F3N2OS/c1-16(5-4-8(15)18)11(17)6-2-3-7(12)10(14)9(6)13/h2-3H,4-5H2,1H3,(H2,15,18). The van der Waals surface area contributed by atoms with E-state index in [1.165, 1.54) is 7.05 Å². The maximum absolute atomic E-state index is 13.4. The van der Waals surface area contributed by atoms with Crippen LogP contribution in [0.4, 0.5) is 13.2 Å². The summed E-state index contributed by atoms with van der Waals surface area (Å²) in [7, 11) is 1.39. The van der Waals surface area contributed by atoms with E-state index in [2.05, 4.69) is 12.2 Å². The molecule has 0 atom stereocenters. The third-order valence-electron chi connectivity index (χ3n) is 2.31. The number of carbonyl (C=O) groups is 1. The Hall–Kier alpha value is -1.63. The first-order chi connectivity index (χ1) is 8.34. The first-order valence-electron chi connectivity index (χ1n) is 5.02. The molecule has 1 amide bonds. The summed E-state index contributed by atoms with van der Waals surface area (Å²) < 4.78 is 39.0. The number of hydrogen-bond donors (Lipinski definition) is 1. The number of nitrogens with zero attached hydrogens (tertiary/aromatic N) is 1. The molecule has 0 spiro atoms. The molecule has 0 aromatic heterocycles. The third kappa shape index (κ3) is 3.19. The molecule has 3 nitrogen and oxygen atoms in total. The van der Waals surface area contributed by atoms with Gasteiger partial charge in [0.05, 0.1) is 10.6 Å². The van der Waals surface area contributed by atoms with Gasteiger partial charge in [-0.15, -0.1) is 0 Å². The molecule has 0 radical (unpaired) electrons. The Bertz CT molecular complexity index is 493. The number of benzene rings is 1. The molecule has 0 bridgehead atoms. The van der Waals surface area contributed by atoms with E-state index in [0.717, 1.165) is 11.0 Å². The Balaban J connectivity index is 2.90. The second-order valence-electron chi connectivity index (χ2n) is 3.67. The van der Waals surface area contributed by atoms with Gasteiger partial charge in [0.1, 0.15) is 0 Å². The van der Waals surface area contributed by atoms with E-state index in [-0.39, 0.29) is 18.0 Å². The van der Waals surface area contributed by atoms with Crippen LogP contribution in [-0.2, 0) is 0 Å². The maximum atomic E-state index is 13.4. The summed E-state index contributed by atoms with van der Waals surface area (Å²) in [5.41, 5.74) is 4.73. The molecule has 0 aliphatic heterocycles. The van der Waals surface area contributed by atoms with Crippen molar-refractivity contribution in [3.63, 3.8) is 0 Å². The predicted octanol–water partition coefficient (Wildman–Crippen LogP) is 1.85. The van der Waals surface area contributed by atoms with Gasteiger partial charge in [-0.3, -0.25) is 4.79 Å². The molecule has 2 N–H and O–H groups in total. The van der Waals surface area contributed by atoms with Crippen LogP contribution in [0.15, 0.2) is 12.1 Å². The normalized spacial score (nSPS) is 10.2. The first kappa shape index (κ1) is 14.4. The van der Waals surface area contributed by atoms with Gasteiger partial charge in [0.25, 0.3) is 5.91 Å². The zero-order valence-corrected chi connectivity index (χ0v) is 10.4. The summed E-state index contributed by atoms with van der Waals surface area (Å²) in [4.78, 5) is 13.1. The van der Waals surface area contributed by atoms with Crippen molar-refractivity contribution < 1.29 is 18.0 Å². The van der Waals surface area contributed by atoms with Gasteiger partial charge in [0.15, 0.2) is 17.5 Å². The zero-order valence-electron chi connectivity index (χ0n) is 9.54. The molecule has 98 valence electrons. The van der Waals surface area contributed by atoms with Crippen LogP contribution in [0.25, 0.3) is 0 Å². The van der Waals surface area contributed by atoms with E-state index in [9.17, 15) is 18.0 Å². The highest BCUT2D eigenvalue weighted by molar-refractivity contribution is 7.80. The molecule has 18 heavy (non-hydrogen) atoms.